The van der Waals surface area contributed by atoms with Gasteiger partial charge in [0.15, 0.2) is 0 Å². The fourth-order valence-corrected chi connectivity index (χ4v) is 3.23. The Morgan fingerprint density at radius 1 is 1.53 bits per heavy atom. The van der Waals surface area contributed by atoms with Crippen LogP contribution < -0.4 is 5.32 Å². The van der Waals surface area contributed by atoms with Gasteiger partial charge in [-0.25, -0.2) is 0 Å². The van der Waals surface area contributed by atoms with Crippen molar-refractivity contribution in [2.75, 3.05) is 7.05 Å². The summed E-state index contributed by atoms with van der Waals surface area (Å²) in [5, 5.41) is 9.77. The molecule has 5 heteroatoms. The molecule has 0 fully saturated rings. The van der Waals surface area contributed by atoms with Crippen LogP contribution in [0.4, 0.5) is 0 Å². The molecule has 3 nitrogen and oxygen atoms in total. The Kier molecular flexibility index (Phi) is 3.23. The smallest absolute Gasteiger partial charge is 0.0872 e. The van der Waals surface area contributed by atoms with Crippen molar-refractivity contribution in [1.29, 1.82) is 0 Å². The average molecular weight is 286 g/mol. The van der Waals surface area contributed by atoms with E-state index < -0.39 is 0 Å². The monoisotopic (exact) mass is 285 g/mol. The quantitative estimate of drug-likeness (QED) is 0.939. The third kappa shape index (κ3) is 2.14. The van der Waals surface area contributed by atoms with Crippen LogP contribution in [0.1, 0.15) is 16.6 Å². The fourth-order valence-electron chi connectivity index (χ4n) is 1.51. The number of nitrogens with one attached hydrogen (secondary N) is 1. The minimum Gasteiger partial charge on any atom is -0.307 e. The summed E-state index contributed by atoms with van der Waals surface area (Å²) in [5.41, 5.74) is 1.04. The summed E-state index contributed by atoms with van der Waals surface area (Å²) in [6, 6.07) is 4.27. The van der Waals surface area contributed by atoms with Gasteiger partial charge in [-0.1, -0.05) is 0 Å². The molecule has 1 unspecified atom stereocenters. The van der Waals surface area contributed by atoms with Crippen molar-refractivity contribution in [3.8, 4) is 0 Å². The van der Waals surface area contributed by atoms with Crippen LogP contribution in [0.3, 0.4) is 0 Å². The molecule has 1 N–H and O–H groups in total. The van der Waals surface area contributed by atoms with Gasteiger partial charge in [-0.3, -0.25) is 4.68 Å². The van der Waals surface area contributed by atoms with Crippen molar-refractivity contribution in [3.63, 3.8) is 0 Å². The Balaban J connectivity index is 2.36. The molecule has 15 heavy (non-hydrogen) atoms. The average Bonchev–Trinajstić information content (AvgIpc) is 2.79. The SMILES string of the molecule is CNC(c1ccn(C)n1)c1sccc1Br. The largest absolute Gasteiger partial charge is 0.307 e. The van der Waals surface area contributed by atoms with Crippen LogP contribution in [0.15, 0.2) is 28.2 Å². The molecule has 1 atom stereocenters. The van der Waals surface area contributed by atoms with Crippen molar-refractivity contribution in [2.24, 2.45) is 7.05 Å². The van der Waals surface area contributed by atoms with Crippen molar-refractivity contribution < 1.29 is 0 Å². The Labute approximate surface area is 101 Å². The molecule has 2 aromatic heterocycles. The molecule has 0 aliphatic carbocycles. The second-order valence-electron chi connectivity index (χ2n) is 3.27. The van der Waals surface area contributed by atoms with E-state index in [1.807, 2.05) is 31.0 Å². The molecule has 0 aliphatic heterocycles. The number of nitrogens with zero attached hydrogens (tertiary/aromatic N) is 2. The number of rotatable bonds is 3. The van der Waals surface area contributed by atoms with E-state index in [1.165, 1.54) is 4.88 Å². The first-order chi connectivity index (χ1) is 7.22. The third-order valence-corrected chi connectivity index (χ3v) is 4.16. The fraction of sp³-hybridized carbons (Fsp3) is 0.300. The lowest BCUT2D eigenvalue weighted by molar-refractivity contribution is 0.648. The van der Waals surface area contributed by atoms with Gasteiger partial charge in [0.05, 0.1) is 11.7 Å². The van der Waals surface area contributed by atoms with E-state index in [0.717, 1.165) is 10.2 Å². The van der Waals surface area contributed by atoms with Crippen molar-refractivity contribution in [2.45, 2.75) is 6.04 Å². The summed E-state index contributed by atoms with van der Waals surface area (Å²) >= 11 is 5.28. The van der Waals surface area contributed by atoms with E-state index in [-0.39, 0.29) is 6.04 Å². The highest BCUT2D eigenvalue weighted by molar-refractivity contribution is 9.10. The Morgan fingerprint density at radius 3 is 2.80 bits per heavy atom. The minimum atomic E-state index is 0.167. The number of hydrogen-bond acceptors (Lipinski definition) is 3. The summed E-state index contributed by atoms with van der Waals surface area (Å²) in [6.45, 7) is 0. The molecule has 2 aromatic rings. The van der Waals surface area contributed by atoms with E-state index in [9.17, 15) is 0 Å². The van der Waals surface area contributed by atoms with Crippen LogP contribution in [0, 0.1) is 0 Å². The van der Waals surface area contributed by atoms with Gasteiger partial charge in [-0.15, -0.1) is 11.3 Å². The maximum atomic E-state index is 4.42. The normalized spacial score (nSPS) is 13.0. The minimum absolute atomic E-state index is 0.167. The van der Waals surface area contributed by atoms with Gasteiger partial charge >= 0.3 is 0 Å². The highest BCUT2D eigenvalue weighted by atomic mass is 79.9. The first-order valence-electron chi connectivity index (χ1n) is 4.62. The van der Waals surface area contributed by atoms with Gasteiger partial charge in [-0.05, 0) is 40.5 Å². The Morgan fingerprint density at radius 2 is 2.33 bits per heavy atom. The zero-order valence-electron chi connectivity index (χ0n) is 8.57. The second-order valence-corrected chi connectivity index (χ2v) is 5.07. The van der Waals surface area contributed by atoms with Crippen LogP contribution >= 0.6 is 27.3 Å². The molecule has 2 heterocycles. The first kappa shape index (κ1) is 10.9. The molecule has 0 saturated carbocycles. The van der Waals surface area contributed by atoms with E-state index in [2.05, 4.69) is 37.8 Å². The summed E-state index contributed by atoms with van der Waals surface area (Å²) in [6.07, 6.45) is 1.96. The van der Waals surface area contributed by atoms with Crippen LogP contribution in [-0.2, 0) is 7.05 Å². The molecule has 0 aliphatic rings. The predicted molar refractivity (Wildman–Crippen MR) is 66.1 cm³/mol. The Bertz CT molecular complexity index is 449. The number of thiophene rings is 1. The van der Waals surface area contributed by atoms with Gasteiger partial charge < -0.3 is 5.32 Å². The summed E-state index contributed by atoms with van der Waals surface area (Å²) < 4.78 is 2.96. The molecule has 2 rings (SSSR count). The molecular weight excluding hydrogens is 274 g/mol. The zero-order valence-corrected chi connectivity index (χ0v) is 11.0. The highest BCUT2D eigenvalue weighted by Gasteiger charge is 2.18. The second kappa shape index (κ2) is 4.47. The van der Waals surface area contributed by atoms with Gasteiger partial charge in [-0.2, -0.15) is 5.10 Å². The van der Waals surface area contributed by atoms with Crippen molar-refractivity contribution in [1.82, 2.24) is 15.1 Å². The highest BCUT2D eigenvalue weighted by Crippen LogP contribution is 2.31. The van der Waals surface area contributed by atoms with E-state index in [4.69, 9.17) is 0 Å². The number of aryl methyl sites for hydroxylation is 1. The summed E-state index contributed by atoms with van der Waals surface area (Å²) in [5.74, 6) is 0. The van der Waals surface area contributed by atoms with Crippen LogP contribution in [0.25, 0.3) is 0 Å². The van der Waals surface area contributed by atoms with E-state index >= 15 is 0 Å². The Hall–Kier alpha value is -0.650. The van der Waals surface area contributed by atoms with Gasteiger partial charge in [0, 0.05) is 22.6 Å². The number of halogens is 1. The van der Waals surface area contributed by atoms with Gasteiger partial charge in [0.1, 0.15) is 0 Å². The first-order valence-corrected chi connectivity index (χ1v) is 6.29. The third-order valence-electron chi connectivity index (χ3n) is 2.23. The van der Waals surface area contributed by atoms with Crippen LogP contribution in [0.5, 0.6) is 0 Å². The lowest BCUT2D eigenvalue weighted by Crippen LogP contribution is -2.17. The lowest BCUT2D eigenvalue weighted by atomic mass is 10.2. The molecule has 0 bridgehead atoms. The predicted octanol–water partition coefficient (Wildman–Crippen LogP) is 2.55. The van der Waals surface area contributed by atoms with E-state index in [1.54, 1.807) is 11.3 Å². The summed E-state index contributed by atoms with van der Waals surface area (Å²) in [7, 11) is 3.88. The topological polar surface area (TPSA) is 29.9 Å². The van der Waals surface area contributed by atoms with E-state index in [0.29, 0.717) is 0 Å². The van der Waals surface area contributed by atoms with Crippen LogP contribution in [0.2, 0.25) is 0 Å². The lowest BCUT2D eigenvalue weighted by Gasteiger charge is -2.12. The summed E-state index contributed by atoms with van der Waals surface area (Å²) in [4.78, 5) is 1.26. The molecular formula is C10H12BrN3S. The molecule has 0 saturated heterocycles. The maximum absolute atomic E-state index is 4.42. The molecule has 0 amide bonds. The number of aromatic nitrogens is 2. The zero-order chi connectivity index (χ0) is 10.8. The number of hydrogen-bond donors (Lipinski definition) is 1. The van der Waals surface area contributed by atoms with Crippen LogP contribution in [-0.4, -0.2) is 16.8 Å². The van der Waals surface area contributed by atoms with Gasteiger partial charge in [0.25, 0.3) is 0 Å². The molecule has 0 aromatic carbocycles. The maximum Gasteiger partial charge on any atom is 0.0872 e. The molecule has 0 spiro atoms. The van der Waals surface area contributed by atoms with Crippen molar-refractivity contribution >= 4 is 27.3 Å². The van der Waals surface area contributed by atoms with Gasteiger partial charge in [0.2, 0.25) is 0 Å². The molecule has 0 radical (unpaired) electrons. The molecule has 80 valence electrons. The van der Waals surface area contributed by atoms with Crippen molar-refractivity contribution in [3.05, 3.63) is 38.8 Å². The standard InChI is InChI=1S/C10H12BrN3S/c1-12-9(8-3-5-14(2)13-8)10-7(11)4-6-15-10/h3-6,9,12H,1-2H3.